The summed E-state index contributed by atoms with van der Waals surface area (Å²) in [5, 5.41) is 16.5. The van der Waals surface area contributed by atoms with Crippen LogP contribution >= 0.6 is 0 Å². The van der Waals surface area contributed by atoms with Crippen molar-refractivity contribution in [3.63, 3.8) is 0 Å². The van der Waals surface area contributed by atoms with E-state index in [1.165, 1.54) is 18.2 Å². The smallest absolute Gasteiger partial charge is 0.273 e. The zero-order valence-corrected chi connectivity index (χ0v) is 14.9. The van der Waals surface area contributed by atoms with Gasteiger partial charge in [-0.15, -0.1) is 0 Å². The van der Waals surface area contributed by atoms with Crippen molar-refractivity contribution in [1.82, 2.24) is 5.32 Å². The number of nitro groups is 1. The summed E-state index contributed by atoms with van der Waals surface area (Å²) < 4.78 is 0. The van der Waals surface area contributed by atoms with Crippen molar-refractivity contribution in [2.45, 2.75) is 20.8 Å². The summed E-state index contributed by atoms with van der Waals surface area (Å²) in [6.07, 6.45) is 0. The highest BCUT2D eigenvalue weighted by atomic mass is 16.6. The van der Waals surface area contributed by atoms with Gasteiger partial charge >= 0.3 is 0 Å². The summed E-state index contributed by atoms with van der Waals surface area (Å²) in [6, 6.07) is 10.9. The van der Waals surface area contributed by atoms with Crippen LogP contribution in [0.1, 0.15) is 40.1 Å². The van der Waals surface area contributed by atoms with Crippen molar-refractivity contribution in [2.24, 2.45) is 5.92 Å². The quantitative estimate of drug-likeness (QED) is 0.611. The van der Waals surface area contributed by atoms with Crippen molar-refractivity contribution >= 4 is 23.2 Å². The third-order valence-electron chi connectivity index (χ3n) is 3.76. The molecule has 0 aliphatic rings. The molecule has 0 aliphatic heterocycles. The molecule has 0 spiro atoms. The van der Waals surface area contributed by atoms with Gasteiger partial charge in [-0.2, -0.15) is 0 Å². The van der Waals surface area contributed by atoms with Gasteiger partial charge in [-0.25, -0.2) is 0 Å². The van der Waals surface area contributed by atoms with Crippen LogP contribution in [0, 0.1) is 23.0 Å². The molecule has 0 aliphatic carbocycles. The van der Waals surface area contributed by atoms with E-state index in [9.17, 15) is 19.7 Å². The topological polar surface area (TPSA) is 101 Å². The molecule has 0 bridgehead atoms. The van der Waals surface area contributed by atoms with Gasteiger partial charge < -0.3 is 10.6 Å². The lowest BCUT2D eigenvalue weighted by Crippen LogP contribution is -2.28. The summed E-state index contributed by atoms with van der Waals surface area (Å²) >= 11 is 0. The summed E-state index contributed by atoms with van der Waals surface area (Å²) in [7, 11) is 0. The highest BCUT2D eigenvalue weighted by Gasteiger charge is 2.17. The van der Waals surface area contributed by atoms with Crippen molar-refractivity contribution in [2.75, 3.05) is 11.9 Å². The number of rotatable bonds is 6. The highest BCUT2D eigenvalue weighted by Crippen LogP contribution is 2.21. The van der Waals surface area contributed by atoms with Gasteiger partial charge in [-0.3, -0.25) is 19.7 Å². The number of nitro benzene ring substituents is 1. The maximum absolute atomic E-state index is 12.5. The average Bonchev–Trinajstić information content (AvgIpc) is 2.60. The highest BCUT2D eigenvalue weighted by molar-refractivity contribution is 6.09. The molecular weight excluding hydrogens is 334 g/mol. The Balaban J connectivity index is 2.23. The van der Waals surface area contributed by atoms with Crippen LogP contribution in [0.25, 0.3) is 0 Å². The fourth-order valence-electron chi connectivity index (χ4n) is 2.32. The number of aryl methyl sites for hydroxylation is 1. The number of anilines is 1. The molecule has 0 saturated heterocycles. The Morgan fingerprint density at radius 3 is 2.46 bits per heavy atom. The predicted octanol–water partition coefficient (Wildman–Crippen LogP) is 3.54. The van der Waals surface area contributed by atoms with E-state index >= 15 is 0 Å². The molecule has 26 heavy (non-hydrogen) atoms. The molecule has 2 amide bonds. The lowest BCUT2D eigenvalue weighted by Gasteiger charge is -2.12. The Bertz CT molecular complexity index is 846. The van der Waals surface area contributed by atoms with Gasteiger partial charge in [0.2, 0.25) is 0 Å². The third-order valence-corrected chi connectivity index (χ3v) is 3.76. The van der Waals surface area contributed by atoms with E-state index in [1.807, 2.05) is 13.8 Å². The van der Waals surface area contributed by atoms with Crippen LogP contribution in [0.15, 0.2) is 42.5 Å². The number of hydrogen-bond acceptors (Lipinski definition) is 4. The SMILES string of the molecule is Cc1ccc(C(=O)Nc2ccccc2C(=O)NCC(C)C)cc1[N+](=O)[O-]. The van der Waals surface area contributed by atoms with Gasteiger partial charge in [-0.05, 0) is 31.0 Å². The summed E-state index contributed by atoms with van der Waals surface area (Å²) in [6.45, 7) is 6.09. The number of amides is 2. The number of para-hydroxylation sites is 1. The molecular formula is C19H21N3O4. The lowest BCUT2D eigenvalue weighted by atomic mass is 10.1. The third kappa shape index (κ3) is 4.66. The van der Waals surface area contributed by atoms with Gasteiger partial charge in [0.25, 0.3) is 17.5 Å². The minimum absolute atomic E-state index is 0.124. The Morgan fingerprint density at radius 2 is 1.81 bits per heavy atom. The molecule has 2 rings (SSSR count). The van der Waals surface area contributed by atoms with Gasteiger partial charge in [0, 0.05) is 23.7 Å². The zero-order chi connectivity index (χ0) is 19.3. The molecule has 0 atom stereocenters. The van der Waals surface area contributed by atoms with Crippen LogP contribution in [-0.4, -0.2) is 23.3 Å². The summed E-state index contributed by atoms with van der Waals surface area (Å²) in [4.78, 5) is 35.3. The van der Waals surface area contributed by atoms with Crippen molar-refractivity contribution in [1.29, 1.82) is 0 Å². The molecule has 0 unspecified atom stereocenters. The van der Waals surface area contributed by atoms with Crippen molar-refractivity contribution < 1.29 is 14.5 Å². The molecule has 136 valence electrons. The van der Waals surface area contributed by atoms with Crippen molar-refractivity contribution in [3.8, 4) is 0 Å². The van der Waals surface area contributed by atoms with Crippen LogP contribution in [0.2, 0.25) is 0 Å². The van der Waals surface area contributed by atoms with E-state index in [0.717, 1.165) is 0 Å². The monoisotopic (exact) mass is 355 g/mol. The first-order valence-corrected chi connectivity index (χ1v) is 8.23. The van der Waals surface area contributed by atoms with Gasteiger partial charge in [0.1, 0.15) is 0 Å². The molecule has 7 nitrogen and oxygen atoms in total. The van der Waals surface area contributed by atoms with Gasteiger partial charge in [0.15, 0.2) is 0 Å². The van der Waals surface area contributed by atoms with Crippen LogP contribution in [0.4, 0.5) is 11.4 Å². The van der Waals surface area contributed by atoms with Crippen LogP contribution < -0.4 is 10.6 Å². The molecule has 2 aromatic rings. The standard InChI is InChI=1S/C19H21N3O4/c1-12(2)11-20-19(24)15-6-4-5-7-16(15)21-18(23)14-9-8-13(3)17(10-14)22(25)26/h4-10,12H,11H2,1-3H3,(H,20,24)(H,21,23). The fourth-order valence-corrected chi connectivity index (χ4v) is 2.32. The second-order valence-electron chi connectivity index (χ2n) is 6.36. The van der Waals surface area contributed by atoms with Gasteiger partial charge in [-0.1, -0.05) is 32.0 Å². The first-order valence-electron chi connectivity index (χ1n) is 8.23. The number of benzene rings is 2. The van der Waals surface area contributed by atoms with Crippen LogP contribution in [0.3, 0.4) is 0 Å². The first kappa shape index (κ1) is 19.1. The molecule has 0 fully saturated rings. The fraction of sp³-hybridized carbons (Fsp3) is 0.263. The molecule has 2 aromatic carbocycles. The Morgan fingerprint density at radius 1 is 1.12 bits per heavy atom. The number of hydrogen-bond donors (Lipinski definition) is 2. The van der Waals surface area contributed by atoms with E-state index < -0.39 is 10.8 Å². The normalized spacial score (nSPS) is 10.5. The molecule has 0 saturated carbocycles. The van der Waals surface area contributed by atoms with Crippen molar-refractivity contribution in [3.05, 3.63) is 69.3 Å². The minimum atomic E-state index is -0.528. The van der Waals surface area contributed by atoms with E-state index in [0.29, 0.717) is 29.3 Å². The van der Waals surface area contributed by atoms with Gasteiger partial charge in [0.05, 0.1) is 16.2 Å². The number of carbonyl (C=O) groups excluding carboxylic acids is 2. The maximum Gasteiger partial charge on any atom is 0.273 e. The molecule has 7 heteroatoms. The van der Waals surface area contributed by atoms with Crippen LogP contribution in [0.5, 0.6) is 0 Å². The maximum atomic E-state index is 12.5. The number of nitrogens with one attached hydrogen (secondary N) is 2. The predicted molar refractivity (Wildman–Crippen MR) is 99.4 cm³/mol. The molecule has 2 N–H and O–H groups in total. The van der Waals surface area contributed by atoms with Crippen LogP contribution in [-0.2, 0) is 0 Å². The summed E-state index contributed by atoms with van der Waals surface area (Å²) in [5.41, 5.74) is 1.19. The number of nitrogens with zero attached hydrogens (tertiary/aromatic N) is 1. The first-order chi connectivity index (χ1) is 12.3. The number of carbonyl (C=O) groups is 2. The molecule has 0 radical (unpaired) electrons. The van der Waals surface area contributed by atoms with E-state index in [-0.39, 0.29) is 17.2 Å². The van der Waals surface area contributed by atoms with E-state index in [2.05, 4.69) is 10.6 Å². The second-order valence-corrected chi connectivity index (χ2v) is 6.36. The molecule has 0 aromatic heterocycles. The average molecular weight is 355 g/mol. The lowest BCUT2D eigenvalue weighted by molar-refractivity contribution is -0.385. The van der Waals surface area contributed by atoms with E-state index in [1.54, 1.807) is 31.2 Å². The Kier molecular flexibility index (Phi) is 6.06. The zero-order valence-electron chi connectivity index (χ0n) is 14.9. The second kappa shape index (κ2) is 8.24. The Labute approximate surface area is 151 Å². The largest absolute Gasteiger partial charge is 0.352 e. The Hall–Kier alpha value is -3.22. The summed E-state index contributed by atoms with van der Waals surface area (Å²) in [5.74, 6) is -0.504. The minimum Gasteiger partial charge on any atom is -0.352 e. The van der Waals surface area contributed by atoms with E-state index in [4.69, 9.17) is 0 Å². The molecule has 0 heterocycles.